The number of rotatable bonds is 16. The Morgan fingerprint density at radius 1 is 1.00 bits per heavy atom. The Kier molecular flexibility index (Phi) is 13.1. The van der Waals surface area contributed by atoms with E-state index in [0.29, 0.717) is 46.4 Å². The van der Waals surface area contributed by atoms with E-state index in [4.69, 9.17) is 35.3 Å². The molecule has 0 aromatic heterocycles. The van der Waals surface area contributed by atoms with Crippen LogP contribution in [0, 0.1) is 0 Å². The Labute approximate surface area is 290 Å². The molecular formula is C36H39ClN4O8. The van der Waals surface area contributed by atoms with Crippen LogP contribution in [0.5, 0.6) is 23.0 Å². The summed E-state index contributed by atoms with van der Waals surface area (Å²) in [5, 5.41) is 10.0. The summed E-state index contributed by atoms with van der Waals surface area (Å²) in [5.74, 6) is 0.570. The Hall–Kier alpha value is -5.49. The molecule has 258 valence electrons. The zero-order valence-corrected chi connectivity index (χ0v) is 28.5. The molecule has 1 atom stereocenters. The van der Waals surface area contributed by atoms with Crippen LogP contribution in [0.3, 0.4) is 0 Å². The molecule has 13 heteroatoms. The number of allylic oxidation sites excluding steroid dienone is 2. The van der Waals surface area contributed by atoms with E-state index in [1.807, 2.05) is 31.2 Å². The molecule has 4 rings (SSSR count). The standard InChI is InChI=1S/C36H39ClN4O8/c1-6-11-25-16-23(17-30(46-7-2)34(25)49-20-26-12-9-10-13-27(26)37)19-38-41-31(42)21-48-28-15-14-24(18-29(28)45-5)33-32(35(43)47-8-3)22(4)39-36(44)40-33/h6,9-10,12-19,33H,1,7-8,11,20-21H2,2-5H3,(H,41,42)(H2,39,40,44)/b38-19-/t33-/m1/s1. The van der Waals surface area contributed by atoms with Crippen LogP contribution in [0.25, 0.3) is 0 Å². The van der Waals surface area contributed by atoms with Gasteiger partial charge >= 0.3 is 12.0 Å². The van der Waals surface area contributed by atoms with Gasteiger partial charge in [-0.3, -0.25) is 4.79 Å². The molecule has 0 radical (unpaired) electrons. The second kappa shape index (κ2) is 17.6. The maximum atomic E-state index is 12.7. The average molecular weight is 691 g/mol. The number of esters is 1. The van der Waals surface area contributed by atoms with E-state index in [-0.39, 0.29) is 36.9 Å². The van der Waals surface area contributed by atoms with Gasteiger partial charge < -0.3 is 34.3 Å². The topological polar surface area (TPSA) is 146 Å². The van der Waals surface area contributed by atoms with Crippen molar-refractivity contribution >= 4 is 35.7 Å². The maximum absolute atomic E-state index is 12.7. The van der Waals surface area contributed by atoms with Crippen LogP contribution in [0.2, 0.25) is 5.02 Å². The van der Waals surface area contributed by atoms with E-state index < -0.39 is 23.9 Å². The average Bonchev–Trinajstić information content (AvgIpc) is 3.07. The van der Waals surface area contributed by atoms with E-state index in [1.165, 1.54) is 13.3 Å². The maximum Gasteiger partial charge on any atom is 0.338 e. The molecule has 49 heavy (non-hydrogen) atoms. The van der Waals surface area contributed by atoms with Crippen molar-refractivity contribution in [3.8, 4) is 23.0 Å². The highest BCUT2D eigenvalue weighted by Gasteiger charge is 2.32. The van der Waals surface area contributed by atoms with E-state index in [0.717, 1.165) is 11.1 Å². The lowest BCUT2D eigenvalue weighted by Gasteiger charge is -2.28. The quantitative estimate of drug-likeness (QED) is 0.0743. The zero-order valence-electron chi connectivity index (χ0n) is 27.8. The Morgan fingerprint density at radius 3 is 2.51 bits per heavy atom. The van der Waals surface area contributed by atoms with Gasteiger partial charge in [0, 0.05) is 21.8 Å². The molecule has 1 aliphatic heterocycles. The molecule has 0 fully saturated rings. The number of methoxy groups -OCH3 is 1. The van der Waals surface area contributed by atoms with Crippen LogP contribution in [-0.2, 0) is 27.4 Å². The molecule has 0 saturated heterocycles. The van der Waals surface area contributed by atoms with E-state index >= 15 is 0 Å². The van der Waals surface area contributed by atoms with Crippen LogP contribution < -0.4 is 35.0 Å². The number of carbonyl (C=O) groups is 3. The molecule has 0 bridgehead atoms. The largest absolute Gasteiger partial charge is 0.493 e. The smallest absolute Gasteiger partial charge is 0.338 e. The fourth-order valence-corrected chi connectivity index (χ4v) is 5.21. The lowest BCUT2D eigenvalue weighted by Crippen LogP contribution is -2.45. The van der Waals surface area contributed by atoms with Gasteiger partial charge in [-0.15, -0.1) is 6.58 Å². The van der Waals surface area contributed by atoms with Crippen molar-refractivity contribution in [1.29, 1.82) is 0 Å². The van der Waals surface area contributed by atoms with Gasteiger partial charge in [-0.1, -0.05) is 41.9 Å². The Balaban J connectivity index is 1.43. The van der Waals surface area contributed by atoms with Crippen LogP contribution in [0.4, 0.5) is 4.79 Å². The van der Waals surface area contributed by atoms with Gasteiger partial charge in [0.15, 0.2) is 29.6 Å². The van der Waals surface area contributed by atoms with Crippen molar-refractivity contribution in [2.24, 2.45) is 5.10 Å². The van der Waals surface area contributed by atoms with Crippen LogP contribution in [0.1, 0.15) is 49.1 Å². The molecule has 3 N–H and O–H groups in total. The highest BCUT2D eigenvalue weighted by molar-refractivity contribution is 6.31. The fraction of sp³-hybridized carbons (Fsp3) is 0.278. The van der Waals surface area contributed by atoms with Crippen molar-refractivity contribution in [2.75, 3.05) is 26.9 Å². The number of benzene rings is 3. The Morgan fingerprint density at radius 2 is 1.80 bits per heavy atom. The van der Waals surface area contributed by atoms with Gasteiger partial charge in [0.1, 0.15) is 6.61 Å². The number of nitrogens with zero attached hydrogens (tertiary/aromatic N) is 1. The van der Waals surface area contributed by atoms with E-state index in [1.54, 1.807) is 50.3 Å². The van der Waals surface area contributed by atoms with Gasteiger partial charge in [0.2, 0.25) is 0 Å². The molecule has 0 aliphatic carbocycles. The lowest BCUT2D eigenvalue weighted by atomic mass is 9.95. The first-order valence-electron chi connectivity index (χ1n) is 15.5. The van der Waals surface area contributed by atoms with Gasteiger partial charge in [0.25, 0.3) is 5.91 Å². The summed E-state index contributed by atoms with van der Waals surface area (Å²) >= 11 is 6.32. The first kappa shape index (κ1) is 36.3. The molecule has 1 aliphatic rings. The molecule has 3 aromatic carbocycles. The minimum atomic E-state index is -0.786. The molecular weight excluding hydrogens is 652 g/mol. The lowest BCUT2D eigenvalue weighted by molar-refractivity contribution is -0.139. The summed E-state index contributed by atoms with van der Waals surface area (Å²) in [4.78, 5) is 37.5. The SMILES string of the molecule is C=CCc1cc(/C=N\NC(=O)COc2ccc([C@H]3NC(=O)NC(C)=C3C(=O)OCC)cc2OC)cc(OCC)c1OCc1ccccc1Cl. The summed E-state index contributed by atoms with van der Waals surface area (Å²) in [5.41, 5.74) is 5.99. The van der Waals surface area contributed by atoms with Crippen molar-refractivity contribution in [2.45, 2.75) is 39.8 Å². The summed E-state index contributed by atoms with van der Waals surface area (Å²) in [6.45, 7) is 9.52. The number of nitrogens with one attached hydrogen (secondary N) is 3. The number of amides is 3. The van der Waals surface area contributed by atoms with Crippen LogP contribution in [0.15, 0.2) is 83.6 Å². The molecule has 0 saturated carbocycles. The van der Waals surface area contributed by atoms with Crippen molar-refractivity contribution in [1.82, 2.24) is 16.1 Å². The number of hydrazone groups is 1. The van der Waals surface area contributed by atoms with Crippen LogP contribution >= 0.6 is 11.6 Å². The highest BCUT2D eigenvalue weighted by atomic mass is 35.5. The molecule has 0 spiro atoms. The van der Waals surface area contributed by atoms with Gasteiger partial charge in [0.05, 0.1) is 38.2 Å². The molecule has 3 amide bonds. The second-order valence-corrected chi connectivity index (χ2v) is 11.0. The zero-order chi connectivity index (χ0) is 35.3. The highest BCUT2D eigenvalue weighted by Crippen LogP contribution is 2.36. The normalized spacial score (nSPS) is 14.1. The van der Waals surface area contributed by atoms with Gasteiger partial charge in [-0.05, 0) is 68.7 Å². The number of carbonyl (C=O) groups excluding carboxylic acids is 3. The Bertz CT molecular complexity index is 1760. The first-order valence-corrected chi connectivity index (χ1v) is 15.9. The summed E-state index contributed by atoms with van der Waals surface area (Å²) in [7, 11) is 1.44. The van der Waals surface area contributed by atoms with Gasteiger partial charge in [-0.25, -0.2) is 15.0 Å². The van der Waals surface area contributed by atoms with Crippen molar-refractivity contribution < 1.29 is 38.1 Å². The number of ether oxygens (including phenoxy) is 5. The number of hydrogen-bond acceptors (Lipinski definition) is 9. The van der Waals surface area contributed by atoms with E-state index in [9.17, 15) is 14.4 Å². The fourth-order valence-electron chi connectivity index (χ4n) is 5.02. The predicted octanol–water partition coefficient (Wildman–Crippen LogP) is 5.77. The van der Waals surface area contributed by atoms with Crippen molar-refractivity contribution in [3.05, 3.63) is 106 Å². The third-order valence-corrected chi connectivity index (χ3v) is 7.56. The summed E-state index contributed by atoms with van der Waals surface area (Å²) in [6.07, 6.45) is 3.75. The van der Waals surface area contributed by atoms with Crippen LogP contribution in [-0.4, -0.2) is 51.1 Å². The van der Waals surface area contributed by atoms with E-state index in [2.05, 4.69) is 27.7 Å². The minimum absolute atomic E-state index is 0.176. The second-order valence-electron chi connectivity index (χ2n) is 10.6. The van der Waals surface area contributed by atoms with Crippen molar-refractivity contribution in [3.63, 3.8) is 0 Å². The summed E-state index contributed by atoms with van der Waals surface area (Å²) in [6, 6.07) is 14.7. The predicted molar refractivity (Wildman–Crippen MR) is 185 cm³/mol. The first-order chi connectivity index (χ1) is 23.7. The molecule has 1 heterocycles. The number of halogens is 1. The molecule has 0 unspecified atom stereocenters. The van der Waals surface area contributed by atoms with Gasteiger partial charge in [-0.2, -0.15) is 5.10 Å². The third kappa shape index (κ3) is 9.54. The molecule has 12 nitrogen and oxygen atoms in total. The minimum Gasteiger partial charge on any atom is -0.493 e. The molecule has 3 aromatic rings. The summed E-state index contributed by atoms with van der Waals surface area (Å²) < 4.78 is 28.4. The third-order valence-electron chi connectivity index (χ3n) is 7.20. The monoisotopic (exact) mass is 690 g/mol. The number of hydrogen-bond donors (Lipinski definition) is 3. The number of urea groups is 1.